The van der Waals surface area contributed by atoms with Crippen molar-refractivity contribution in [3.8, 4) is 0 Å². The number of thioether (sulfide) groups is 1. The Morgan fingerprint density at radius 1 is 1.29 bits per heavy atom. The van der Waals surface area contributed by atoms with E-state index in [1.165, 1.54) is 30.6 Å². The topological polar surface area (TPSA) is 25.2 Å². The Morgan fingerprint density at radius 3 is 2.65 bits per heavy atom. The SMILES string of the molecule is CSCCCCCNC(C)c1cc(C)oc1C. The molecule has 1 unspecified atom stereocenters. The molecule has 1 heterocycles. The van der Waals surface area contributed by atoms with Crippen LogP contribution < -0.4 is 5.32 Å². The number of aryl methyl sites for hydroxylation is 2. The largest absolute Gasteiger partial charge is 0.466 e. The fourth-order valence-electron chi connectivity index (χ4n) is 2.06. The quantitative estimate of drug-likeness (QED) is 0.709. The molecule has 1 N–H and O–H groups in total. The van der Waals surface area contributed by atoms with Crippen LogP contribution in [0.2, 0.25) is 0 Å². The first kappa shape index (κ1) is 14.7. The maximum absolute atomic E-state index is 5.55. The monoisotopic (exact) mass is 255 g/mol. The van der Waals surface area contributed by atoms with Crippen LogP contribution in [0.15, 0.2) is 10.5 Å². The van der Waals surface area contributed by atoms with Gasteiger partial charge in [-0.2, -0.15) is 11.8 Å². The van der Waals surface area contributed by atoms with E-state index < -0.39 is 0 Å². The highest BCUT2D eigenvalue weighted by Crippen LogP contribution is 2.21. The third-order valence-electron chi connectivity index (χ3n) is 3.02. The minimum atomic E-state index is 0.396. The Morgan fingerprint density at radius 2 is 2.06 bits per heavy atom. The summed E-state index contributed by atoms with van der Waals surface area (Å²) in [5, 5.41) is 3.56. The van der Waals surface area contributed by atoms with Crippen LogP contribution in [-0.4, -0.2) is 18.6 Å². The number of unbranched alkanes of at least 4 members (excludes halogenated alkanes) is 2. The molecule has 0 aliphatic heterocycles. The summed E-state index contributed by atoms with van der Waals surface area (Å²) in [6, 6.07) is 2.54. The lowest BCUT2D eigenvalue weighted by atomic mass is 10.1. The highest BCUT2D eigenvalue weighted by Gasteiger charge is 2.11. The van der Waals surface area contributed by atoms with Crippen LogP contribution in [0.3, 0.4) is 0 Å². The summed E-state index contributed by atoms with van der Waals surface area (Å²) in [6.45, 7) is 7.35. The molecule has 1 aromatic rings. The van der Waals surface area contributed by atoms with E-state index in [4.69, 9.17) is 4.42 Å². The number of hydrogen-bond acceptors (Lipinski definition) is 3. The van der Waals surface area contributed by atoms with Crippen LogP contribution in [0, 0.1) is 13.8 Å². The second-order valence-corrected chi connectivity index (χ2v) is 5.58. The van der Waals surface area contributed by atoms with Gasteiger partial charge in [-0.1, -0.05) is 6.42 Å². The van der Waals surface area contributed by atoms with Crippen molar-refractivity contribution in [2.45, 2.75) is 46.1 Å². The summed E-state index contributed by atoms with van der Waals surface area (Å²) in [7, 11) is 0. The lowest BCUT2D eigenvalue weighted by Crippen LogP contribution is -2.20. The zero-order valence-corrected chi connectivity index (χ0v) is 12.3. The van der Waals surface area contributed by atoms with E-state index in [0.29, 0.717) is 6.04 Å². The number of nitrogens with one attached hydrogen (secondary N) is 1. The molecule has 0 spiro atoms. The molecule has 1 aromatic heterocycles. The van der Waals surface area contributed by atoms with Gasteiger partial charge >= 0.3 is 0 Å². The van der Waals surface area contributed by atoms with E-state index in [1.807, 2.05) is 25.6 Å². The van der Waals surface area contributed by atoms with Gasteiger partial charge in [0.05, 0.1) is 0 Å². The van der Waals surface area contributed by atoms with Crippen LogP contribution in [-0.2, 0) is 0 Å². The highest BCUT2D eigenvalue weighted by atomic mass is 32.2. The molecule has 0 saturated carbocycles. The van der Waals surface area contributed by atoms with Crippen molar-refractivity contribution in [1.82, 2.24) is 5.32 Å². The zero-order valence-electron chi connectivity index (χ0n) is 11.5. The molecule has 0 fully saturated rings. The van der Waals surface area contributed by atoms with Gasteiger partial charge in [0.1, 0.15) is 11.5 Å². The number of rotatable bonds is 8. The van der Waals surface area contributed by atoms with E-state index in [-0.39, 0.29) is 0 Å². The maximum atomic E-state index is 5.55. The van der Waals surface area contributed by atoms with E-state index in [1.54, 1.807) is 0 Å². The first-order chi connectivity index (χ1) is 8.15. The molecule has 0 aliphatic rings. The molecule has 0 radical (unpaired) electrons. The van der Waals surface area contributed by atoms with Crippen LogP contribution in [0.1, 0.15) is 49.3 Å². The van der Waals surface area contributed by atoms with Gasteiger partial charge < -0.3 is 9.73 Å². The Bertz CT molecular complexity index is 322. The predicted molar refractivity (Wildman–Crippen MR) is 76.8 cm³/mol. The Labute approximate surface area is 110 Å². The Hall–Kier alpha value is -0.410. The van der Waals surface area contributed by atoms with Gasteiger partial charge in [0, 0.05) is 11.6 Å². The lowest BCUT2D eigenvalue weighted by Gasteiger charge is -2.12. The standard InChI is InChI=1S/C14H25NOS/c1-11-10-14(13(3)16-11)12(2)15-8-6-5-7-9-17-4/h10,12,15H,5-9H2,1-4H3. The molecule has 1 rings (SSSR count). The molecule has 0 aliphatic carbocycles. The minimum Gasteiger partial charge on any atom is -0.466 e. The van der Waals surface area contributed by atoms with Gasteiger partial charge in [0.2, 0.25) is 0 Å². The van der Waals surface area contributed by atoms with Crippen molar-refractivity contribution in [2.24, 2.45) is 0 Å². The van der Waals surface area contributed by atoms with Crippen molar-refractivity contribution < 1.29 is 4.42 Å². The normalized spacial score (nSPS) is 12.9. The van der Waals surface area contributed by atoms with Crippen molar-refractivity contribution >= 4 is 11.8 Å². The van der Waals surface area contributed by atoms with Gasteiger partial charge in [0.25, 0.3) is 0 Å². The average Bonchev–Trinajstić information content (AvgIpc) is 2.62. The molecule has 0 aromatic carbocycles. The summed E-state index contributed by atoms with van der Waals surface area (Å²) in [6.07, 6.45) is 6.09. The van der Waals surface area contributed by atoms with Crippen molar-refractivity contribution in [3.63, 3.8) is 0 Å². The summed E-state index contributed by atoms with van der Waals surface area (Å²) in [5.41, 5.74) is 1.30. The van der Waals surface area contributed by atoms with Crippen LogP contribution in [0.4, 0.5) is 0 Å². The van der Waals surface area contributed by atoms with E-state index in [0.717, 1.165) is 18.1 Å². The Kier molecular flexibility index (Phi) is 6.75. The fourth-order valence-corrected chi connectivity index (χ4v) is 2.55. The maximum Gasteiger partial charge on any atom is 0.105 e. The molecule has 2 nitrogen and oxygen atoms in total. The molecule has 0 amide bonds. The van der Waals surface area contributed by atoms with Gasteiger partial charge in [-0.3, -0.25) is 0 Å². The summed E-state index contributed by atoms with van der Waals surface area (Å²) in [4.78, 5) is 0. The number of hydrogen-bond donors (Lipinski definition) is 1. The van der Waals surface area contributed by atoms with Crippen molar-refractivity contribution in [3.05, 3.63) is 23.2 Å². The average molecular weight is 255 g/mol. The van der Waals surface area contributed by atoms with E-state index >= 15 is 0 Å². The smallest absolute Gasteiger partial charge is 0.105 e. The predicted octanol–water partition coefficient (Wildman–Crippen LogP) is 4.08. The van der Waals surface area contributed by atoms with Crippen molar-refractivity contribution in [2.75, 3.05) is 18.6 Å². The Balaban J connectivity index is 2.21. The molecular weight excluding hydrogens is 230 g/mol. The summed E-state index contributed by atoms with van der Waals surface area (Å²) in [5.74, 6) is 3.34. The molecule has 3 heteroatoms. The van der Waals surface area contributed by atoms with Gasteiger partial charge in [-0.25, -0.2) is 0 Å². The molecular formula is C14H25NOS. The van der Waals surface area contributed by atoms with Crippen LogP contribution in [0.25, 0.3) is 0 Å². The first-order valence-electron chi connectivity index (χ1n) is 6.44. The minimum absolute atomic E-state index is 0.396. The second kappa shape index (κ2) is 7.83. The highest BCUT2D eigenvalue weighted by molar-refractivity contribution is 7.98. The summed E-state index contributed by atoms with van der Waals surface area (Å²) >= 11 is 1.93. The number of furan rings is 1. The van der Waals surface area contributed by atoms with Gasteiger partial charge in [-0.15, -0.1) is 0 Å². The second-order valence-electron chi connectivity index (χ2n) is 4.60. The fraction of sp³-hybridized carbons (Fsp3) is 0.714. The zero-order chi connectivity index (χ0) is 12.7. The molecule has 1 atom stereocenters. The molecule has 98 valence electrons. The van der Waals surface area contributed by atoms with E-state index in [9.17, 15) is 0 Å². The van der Waals surface area contributed by atoms with Crippen LogP contribution in [0.5, 0.6) is 0 Å². The molecule has 0 bridgehead atoms. The third-order valence-corrected chi connectivity index (χ3v) is 3.72. The van der Waals surface area contributed by atoms with Crippen molar-refractivity contribution in [1.29, 1.82) is 0 Å². The third kappa shape index (κ3) is 5.17. The van der Waals surface area contributed by atoms with Gasteiger partial charge in [0.15, 0.2) is 0 Å². The molecule has 17 heavy (non-hydrogen) atoms. The summed E-state index contributed by atoms with van der Waals surface area (Å²) < 4.78 is 5.55. The van der Waals surface area contributed by atoms with E-state index in [2.05, 4.69) is 24.6 Å². The van der Waals surface area contributed by atoms with Crippen LogP contribution >= 0.6 is 11.8 Å². The van der Waals surface area contributed by atoms with Gasteiger partial charge in [-0.05, 0) is 58.2 Å². The molecule has 0 saturated heterocycles. The lowest BCUT2D eigenvalue weighted by molar-refractivity contribution is 0.487. The first-order valence-corrected chi connectivity index (χ1v) is 7.83.